The fourth-order valence-corrected chi connectivity index (χ4v) is 3.76. The molecule has 5 nitrogen and oxygen atoms in total. The molecular weight excluding hydrogens is 294 g/mol. The molecule has 1 aromatic rings. The molecule has 0 aliphatic carbocycles. The van der Waals surface area contributed by atoms with Gasteiger partial charge in [-0.1, -0.05) is 42.5 Å². The minimum Gasteiger partial charge on any atom is -0.354 e. The van der Waals surface area contributed by atoms with Gasteiger partial charge in [0.25, 0.3) is 0 Å². The Balaban J connectivity index is 1.57. The van der Waals surface area contributed by atoms with E-state index in [1.165, 1.54) is 0 Å². The lowest BCUT2D eigenvalue weighted by atomic mass is 9.84. The molecule has 2 saturated heterocycles. The molecule has 0 saturated carbocycles. The summed E-state index contributed by atoms with van der Waals surface area (Å²) in [6.45, 7) is 1.36. The molecule has 6 atom stereocenters. The third-order valence-electron chi connectivity index (χ3n) is 4.89. The first-order chi connectivity index (χ1) is 11.4. The molecule has 3 heterocycles. The molecule has 23 heavy (non-hydrogen) atoms. The van der Waals surface area contributed by atoms with Crippen LogP contribution in [0.2, 0.25) is 0 Å². The molecule has 4 rings (SSSR count). The van der Waals surface area contributed by atoms with Crippen LogP contribution in [-0.4, -0.2) is 44.8 Å². The van der Waals surface area contributed by atoms with Gasteiger partial charge in [0.05, 0.1) is 18.8 Å². The molecule has 1 N–H and O–H groups in total. The lowest BCUT2D eigenvalue weighted by Gasteiger charge is -2.49. The Hall–Kier alpha value is -1.24. The average Bonchev–Trinajstić information content (AvgIpc) is 2.87. The first-order valence-electron chi connectivity index (χ1n) is 8.25. The molecule has 3 aliphatic heterocycles. The van der Waals surface area contributed by atoms with Gasteiger partial charge >= 0.3 is 0 Å². The van der Waals surface area contributed by atoms with Crippen LogP contribution in [-0.2, 0) is 18.9 Å². The van der Waals surface area contributed by atoms with E-state index < -0.39 is 0 Å². The molecule has 1 unspecified atom stereocenters. The fraction of sp³-hybridized carbons (Fsp3) is 0.556. The first-order valence-corrected chi connectivity index (χ1v) is 8.25. The van der Waals surface area contributed by atoms with E-state index in [-0.39, 0.29) is 30.8 Å². The van der Waals surface area contributed by atoms with Crippen molar-refractivity contribution in [1.29, 1.82) is 0 Å². The van der Waals surface area contributed by atoms with Gasteiger partial charge in [-0.05, 0) is 6.42 Å². The number of methoxy groups -OCH3 is 1. The van der Waals surface area contributed by atoms with Crippen LogP contribution in [0.3, 0.4) is 0 Å². The molecule has 0 amide bonds. The highest BCUT2D eigenvalue weighted by atomic mass is 16.7. The summed E-state index contributed by atoms with van der Waals surface area (Å²) in [5, 5.41) is 3.51. The topological polar surface area (TPSA) is 49.0 Å². The van der Waals surface area contributed by atoms with E-state index in [0.29, 0.717) is 12.5 Å². The van der Waals surface area contributed by atoms with Crippen molar-refractivity contribution in [3.05, 3.63) is 48.0 Å². The van der Waals surface area contributed by atoms with Gasteiger partial charge in [-0.3, -0.25) is 0 Å². The largest absolute Gasteiger partial charge is 0.354 e. The Bertz CT molecular complexity index is 549. The van der Waals surface area contributed by atoms with Gasteiger partial charge in [0.1, 0.15) is 6.10 Å². The molecule has 124 valence electrons. The number of allylic oxidation sites excluding steroid dienone is 1. The predicted octanol–water partition coefficient (Wildman–Crippen LogP) is 2.01. The second kappa shape index (κ2) is 6.71. The lowest BCUT2D eigenvalue weighted by molar-refractivity contribution is -0.333. The Morgan fingerprint density at radius 2 is 2.00 bits per heavy atom. The number of hydrogen-bond donors (Lipinski definition) is 1. The second-order valence-electron chi connectivity index (χ2n) is 6.26. The molecule has 0 aromatic heterocycles. The number of nitrogens with one attached hydrogen (secondary N) is 1. The monoisotopic (exact) mass is 317 g/mol. The Morgan fingerprint density at radius 1 is 1.13 bits per heavy atom. The third-order valence-corrected chi connectivity index (χ3v) is 4.89. The van der Waals surface area contributed by atoms with Gasteiger partial charge in [0.15, 0.2) is 12.6 Å². The Labute approximate surface area is 136 Å². The maximum atomic E-state index is 6.32. The van der Waals surface area contributed by atoms with E-state index in [0.717, 1.165) is 18.5 Å². The van der Waals surface area contributed by atoms with E-state index in [1.807, 2.05) is 30.3 Å². The van der Waals surface area contributed by atoms with Crippen LogP contribution >= 0.6 is 0 Å². The highest BCUT2D eigenvalue weighted by Gasteiger charge is 2.49. The molecule has 0 bridgehead atoms. The van der Waals surface area contributed by atoms with Crippen molar-refractivity contribution in [3.63, 3.8) is 0 Å². The van der Waals surface area contributed by atoms with Crippen LogP contribution < -0.4 is 5.32 Å². The number of fused-ring (bicyclic) bond motifs is 3. The minimum absolute atomic E-state index is 0.000561. The summed E-state index contributed by atoms with van der Waals surface area (Å²) in [6.07, 6.45) is 4.67. The summed E-state index contributed by atoms with van der Waals surface area (Å²) >= 11 is 0. The summed E-state index contributed by atoms with van der Waals surface area (Å²) in [7, 11) is 1.69. The number of rotatable bonds is 2. The summed E-state index contributed by atoms with van der Waals surface area (Å²) in [5.74, 6) is 0.313. The van der Waals surface area contributed by atoms with Gasteiger partial charge in [-0.25, -0.2) is 0 Å². The third kappa shape index (κ3) is 2.95. The van der Waals surface area contributed by atoms with E-state index in [2.05, 4.69) is 17.5 Å². The van der Waals surface area contributed by atoms with E-state index in [4.69, 9.17) is 18.9 Å². The normalized spacial score (nSPS) is 40.0. The zero-order valence-electron chi connectivity index (χ0n) is 13.3. The standard InChI is InChI=1S/C18H23NO4/c1-20-18-15-13(9-5-6-10-19-15)16-14(22-18)11-21-17(23-16)12-7-3-2-4-8-12/h2-8,13-19H,9-11H2,1H3/t13-,14-,15-,16+,17?,18+/m1/s1. The maximum absolute atomic E-state index is 6.32. The highest BCUT2D eigenvalue weighted by Crippen LogP contribution is 2.39. The number of benzene rings is 1. The second-order valence-corrected chi connectivity index (χ2v) is 6.26. The van der Waals surface area contributed by atoms with Crippen molar-refractivity contribution in [3.8, 4) is 0 Å². The van der Waals surface area contributed by atoms with Gasteiger partial charge in [0.2, 0.25) is 0 Å². The average molecular weight is 317 g/mol. The summed E-state index contributed by atoms with van der Waals surface area (Å²) in [6, 6.07) is 10.2. The summed E-state index contributed by atoms with van der Waals surface area (Å²) < 4.78 is 23.9. The van der Waals surface area contributed by atoms with Crippen LogP contribution in [0.25, 0.3) is 0 Å². The molecule has 2 fully saturated rings. The van der Waals surface area contributed by atoms with Crippen LogP contribution in [0.4, 0.5) is 0 Å². The Morgan fingerprint density at radius 3 is 2.83 bits per heavy atom. The van der Waals surface area contributed by atoms with Crippen molar-refractivity contribution < 1.29 is 18.9 Å². The highest BCUT2D eigenvalue weighted by molar-refractivity contribution is 5.17. The summed E-state index contributed by atoms with van der Waals surface area (Å²) in [5.41, 5.74) is 1.05. The van der Waals surface area contributed by atoms with Crippen LogP contribution in [0.1, 0.15) is 18.3 Å². The van der Waals surface area contributed by atoms with E-state index in [1.54, 1.807) is 7.11 Å². The van der Waals surface area contributed by atoms with Crippen molar-refractivity contribution in [2.75, 3.05) is 20.3 Å². The molecule has 1 aromatic carbocycles. The van der Waals surface area contributed by atoms with Crippen LogP contribution in [0, 0.1) is 5.92 Å². The van der Waals surface area contributed by atoms with Crippen LogP contribution in [0.5, 0.6) is 0 Å². The van der Waals surface area contributed by atoms with Gasteiger partial charge in [-0.2, -0.15) is 0 Å². The van der Waals surface area contributed by atoms with Gasteiger partial charge in [-0.15, -0.1) is 0 Å². The molecule has 3 aliphatic rings. The van der Waals surface area contributed by atoms with Crippen molar-refractivity contribution in [1.82, 2.24) is 5.32 Å². The SMILES string of the molecule is CO[C@H]1O[C@@H]2COC(c3ccccc3)O[C@H]2[C@@H]2CC=CCN[C@@H]12. The maximum Gasteiger partial charge on any atom is 0.184 e. The smallest absolute Gasteiger partial charge is 0.184 e. The van der Waals surface area contributed by atoms with E-state index >= 15 is 0 Å². The van der Waals surface area contributed by atoms with E-state index in [9.17, 15) is 0 Å². The minimum atomic E-state index is -0.326. The lowest BCUT2D eigenvalue weighted by Crippen LogP contribution is -2.62. The molecule has 0 radical (unpaired) electrons. The number of hydrogen-bond acceptors (Lipinski definition) is 5. The van der Waals surface area contributed by atoms with Crippen molar-refractivity contribution in [2.45, 2.75) is 37.3 Å². The molecule has 0 spiro atoms. The Kier molecular flexibility index (Phi) is 4.46. The van der Waals surface area contributed by atoms with Gasteiger partial charge < -0.3 is 24.3 Å². The summed E-state index contributed by atoms with van der Waals surface area (Å²) in [4.78, 5) is 0. The van der Waals surface area contributed by atoms with Crippen molar-refractivity contribution in [2.24, 2.45) is 5.92 Å². The predicted molar refractivity (Wildman–Crippen MR) is 84.7 cm³/mol. The zero-order chi connectivity index (χ0) is 15.6. The molecular formula is C18H23NO4. The quantitative estimate of drug-likeness (QED) is 0.846. The number of ether oxygens (including phenoxy) is 4. The van der Waals surface area contributed by atoms with Crippen LogP contribution in [0.15, 0.2) is 42.5 Å². The van der Waals surface area contributed by atoms with Crippen molar-refractivity contribution >= 4 is 0 Å². The fourth-order valence-electron chi connectivity index (χ4n) is 3.76. The van der Waals surface area contributed by atoms with Gasteiger partial charge in [0, 0.05) is 25.1 Å². The zero-order valence-corrected chi connectivity index (χ0v) is 13.3. The molecule has 5 heteroatoms. The first kappa shape index (κ1) is 15.3.